The molecule has 0 N–H and O–H groups in total. The van der Waals surface area contributed by atoms with Crippen molar-refractivity contribution in [3.05, 3.63) is 23.3 Å². The summed E-state index contributed by atoms with van der Waals surface area (Å²) in [5, 5.41) is 0. The minimum atomic E-state index is -0.0815. The molecule has 0 saturated carbocycles. The summed E-state index contributed by atoms with van der Waals surface area (Å²) in [6.07, 6.45) is 36.8. The van der Waals surface area contributed by atoms with Gasteiger partial charge in [-0.25, -0.2) is 0 Å². The van der Waals surface area contributed by atoms with Gasteiger partial charge in [0.1, 0.15) is 17.1 Å². The highest BCUT2D eigenvalue weighted by Gasteiger charge is 2.19. The standard InChI is InChI=1S/C42H74O4/c1-5-7-9-11-13-15-17-19-21-23-25-27-29-31-33-45-40-35-39(37(3)43)36-41(42(40)38(4)44)46-34-32-30-28-26-24-22-20-18-16-14-12-10-8-6-2/h35-36H,5-34H2,1-4H3. The summed E-state index contributed by atoms with van der Waals surface area (Å²) in [5.74, 6) is 0.858. The minimum Gasteiger partial charge on any atom is -0.493 e. The molecule has 266 valence electrons. The van der Waals surface area contributed by atoms with E-state index in [-0.39, 0.29) is 11.6 Å². The number of carbonyl (C=O) groups excluding carboxylic acids is 2. The topological polar surface area (TPSA) is 52.6 Å². The fraction of sp³-hybridized carbons (Fsp3) is 0.810. The van der Waals surface area contributed by atoms with Crippen molar-refractivity contribution in [1.82, 2.24) is 0 Å². The third-order valence-corrected chi connectivity index (χ3v) is 9.34. The van der Waals surface area contributed by atoms with E-state index in [1.54, 1.807) is 26.0 Å². The van der Waals surface area contributed by atoms with Crippen molar-refractivity contribution in [2.75, 3.05) is 13.2 Å². The second-order valence-electron chi connectivity index (χ2n) is 13.8. The van der Waals surface area contributed by atoms with Crippen LogP contribution in [0.1, 0.15) is 228 Å². The predicted octanol–water partition coefficient (Wildman–Crippen LogP) is 13.8. The molecule has 46 heavy (non-hydrogen) atoms. The summed E-state index contributed by atoms with van der Waals surface area (Å²) < 4.78 is 12.2. The molecule has 0 amide bonds. The first-order valence-corrected chi connectivity index (χ1v) is 20.0. The highest BCUT2D eigenvalue weighted by molar-refractivity contribution is 6.02. The molecule has 0 atom stereocenters. The van der Waals surface area contributed by atoms with Gasteiger partial charge >= 0.3 is 0 Å². The van der Waals surface area contributed by atoms with Crippen molar-refractivity contribution in [1.29, 1.82) is 0 Å². The van der Waals surface area contributed by atoms with E-state index in [1.807, 2.05) is 0 Å². The Balaban J connectivity index is 2.27. The average molecular weight is 643 g/mol. The predicted molar refractivity (Wildman–Crippen MR) is 198 cm³/mol. The van der Waals surface area contributed by atoms with E-state index in [4.69, 9.17) is 9.47 Å². The number of hydrogen-bond donors (Lipinski definition) is 0. The highest BCUT2D eigenvalue weighted by atomic mass is 16.5. The number of unbranched alkanes of at least 4 members (excludes halogenated alkanes) is 26. The first kappa shape index (κ1) is 42.2. The van der Waals surface area contributed by atoms with Gasteiger partial charge in [-0.3, -0.25) is 9.59 Å². The van der Waals surface area contributed by atoms with E-state index in [0.717, 1.165) is 25.7 Å². The summed E-state index contributed by atoms with van der Waals surface area (Å²) in [6, 6.07) is 3.45. The van der Waals surface area contributed by atoms with E-state index in [1.165, 1.54) is 154 Å². The van der Waals surface area contributed by atoms with E-state index in [9.17, 15) is 9.59 Å². The zero-order valence-corrected chi connectivity index (χ0v) is 31.0. The molecule has 1 aromatic rings. The summed E-state index contributed by atoms with van der Waals surface area (Å²) >= 11 is 0. The Morgan fingerprint density at radius 3 is 0.913 bits per heavy atom. The van der Waals surface area contributed by atoms with Gasteiger partial charge in [-0.1, -0.05) is 181 Å². The van der Waals surface area contributed by atoms with E-state index >= 15 is 0 Å². The van der Waals surface area contributed by atoms with Crippen molar-refractivity contribution in [3.8, 4) is 11.5 Å². The van der Waals surface area contributed by atoms with Crippen LogP contribution in [-0.2, 0) is 0 Å². The number of rotatable bonds is 34. The van der Waals surface area contributed by atoms with Gasteiger partial charge in [0.2, 0.25) is 0 Å². The van der Waals surface area contributed by atoms with E-state index < -0.39 is 0 Å². The molecule has 0 aliphatic heterocycles. The van der Waals surface area contributed by atoms with Crippen molar-refractivity contribution in [3.63, 3.8) is 0 Å². The third kappa shape index (κ3) is 22.6. The SMILES string of the molecule is CCCCCCCCCCCCCCCCOc1cc(C(C)=O)cc(OCCCCCCCCCCCCCCCC)c1C(C)=O. The Labute approximate surface area is 285 Å². The second-order valence-corrected chi connectivity index (χ2v) is 13.8. The zero-order chi connectivity index (χ0) is 33.5. The number of hydrogen-bond acceptors (Lipinski definition) is 4. The lowest BCUT2D eigenvalue weighted by Crippen LogP contribution is -2.09. The number of Topliss-reactive ketones (excluding diaryl/α,β-unsaturated/α-hetero) is 2. The lowest BCUT2D eigenvalue weighted by Gasteiger charge is -2.16. The van der Waals surface area contributed by atoms with Gasteiger partial charge < -0.3 is 9.47 Å². The van der Waals surface area contributed by atoms with Crippen LogP contribution in [0.25, 0.3) is 0 Å². The first-order valence-electron chi connectivity index (χ1n) is 20.0. The molecule has 0 heterocycles. The number of ether oxygens (including phenoxy) is 2. The van der Waals surface area contributed by atoms with Crippen LogP contribution in [0.15, 0.2) is 12.1 Å². The average Bonchev–Trinajstić information content (AvgIpc) is 3.04. The Bertz CT molecular complexity index is 821. The van der Waals surface area contributed by atoms with Crippen LogP contribution in [-0.4, -0.2) is 24.8 Å². The molecule has 4 heteroatoms. The molecule has 4 nitrogen and oxygen atoms in total. The summed E-state index contributed by atoms with van der Waals surface area (Å²) in [7, 11) is 0. The summed E-state index contributed by atoms with van der Waals surface area (Å²) in [4.78, 5) is 24.9. The minimum absolute atomic E-state index is 0.0437. The molecule has 0 aromatic heterocycles. The molecule has 0 spiro atoms. The number of ketones is 2. The molecule has 0 radical (unpaired) electrons. The van der Waals surface area contributed by atoms with Gasteiger partial charge in [0.05, 0.1) is 13.2 Å². The van der Waals surface area contributed by atoms with Crippen LogP contribution in [0.4, 0.5) is 0 Å². The number of carbonyl (C=O) groups is 2. The van der Waals surface area contributed by atoms with E-state index in [0.29, 0.717) is 35.8 Å². The van der Waals surface area contributed by atoms with Gasteiger partial charge in [0.15, 0.2) is 11.6 Å². The molecule has 0 bridgehead atoms. The maximum Gasteiger partial charge on any atom is 0.167 e. The smallest absolute Gasteiger partial charge is 0.167 e. The molecule has 0 aliphatic carbocycles. The van der Waals surface area contributed by atoms with Gasteiger partial charge in [-0.2, -0.15) is 0 Å². The molecule has 0 aliphatic rings. The Morgan fingerprint density at radius 2 is 0.674 bits per heavy atom. The highest BCUT2D eigenvalue weighted by Crippen LogP contribution is 2.32. The van der Waals surface area contributed by atoms with Crippen LogP contribution in [0.5, 0.6) is 11.5 Å². The molecule has 1 aromatic carbocycles. The fourth-order valence-electron chi connectivity index (χ4n) is 6.33. The van der Waals surface area contributed by atoms with Crippen molar-refractivity contribution < 1.29 is 19.1 Å². The van der Waals surface area contributed by atoms with Crippen LogP contribution in [0, 0.1) is 0 Å². The van der Waals surface area contributed by atoms with E-state index in [2.05, 4.69) is 13.8 Å². The second kappa shape index (κ2) is 30.5. The van der Waals surface area contributed by atoms with Crippen molar-refractivity contribution >= 4 is 11.6 Å². The number of benzene rings is 1. The molecule has 0 saturated heterocycles. The lowest BCUT2D eigenvalue weighted by molar-refractivity contribution is 0.0993. The maximum absolute atomic E-state index is 12.6. The van der Waals surface area contributed by atoms with Crippen molar-refractivity contribution in [2.45, 2.75) is 207 Å². The molecule has 0 unspecified atom stereocenters. The maximum atomic E-state index is 12.6. The van der Waals surface area contributed by atoms with Gasteiger partial charge in [-0.15, -0.1) is 0 Å². The van der Waals surface area contributed by atoms with Gasteiger partial charge in [-0.05, 0) is 38.8 Å². The first-order chi connectivity index (χ1) is 22.5. The van der Waals surface area contributed by atoms with Gasteiger partial charge in [0, 0.05) is 5.56 Å². The van der Waals surface area contributed by atoms with Crippen LogP contribution >= 0.6 is 0 Å². The fourth-order valence-corrected chi connectivity index (χ4v) is 6.33. The lowest BCUT2D eigenvalue weighted by atomic mass is 10.0. The third-order valence-electron chi connectivity index (χ3n) is 9.34. The van der Waals surface area contributed by atoms with Crippen LogP contribution < -0.4 is 9.47 Å². The molecule has 1 rings (SSSR count). The Morgan fingerprint density at radius 1 is 0.413 bits per heavy atom. The van der Waals surface area contributed by atoms with Crippen LogP contribution in [0.3, 0.4) is 0 Å². The van der Waals surface area contributed by atoms with Crippen molar-refractivity contribution in [2.24, 2.45) is 0 Å². The molecular formula is C42H74O4. The Hall–Kier alpha value is -1.84. The quantitative estimate of drug-likeness (QED) is 0.0554. The monoisotopic (exact) mass is 643 g/mol. The largest absolute Gasteiger partial charge is 0.493 e. The van der Waals surface area contributed by atoms with Gasteiger partial charge in [0.25, 0.3) is 0 Å². The normalized spacial score (nSPS) is 11.2. The van der Waals surface area contributed by atoms with Crippen LogP contribution in [0.2, 0.25) is 0 Å². The molecule has 0 fully saturated rings. The summed E-state index contributed by atoms with van der Waals surface area (Å²) in [5.41, 5.74) is 1.01. The Kier molecular flexibility index (Phi) is 28.0. The molecular weight excluding hydrogens is 568 g/mol. The zero-order valence-electron chi connectivity index (χ0n) is 31.0. The summed E-state index contributed by atoms with van der Waals surface area (Å²) in [6.45, 7) is 8.77.